The van der Waals surface area contributed by atoms with E-state index in [1.54, 1.807) is 11.8 Å². The van der Waals surface area contributed by atoms with Crippen molar-refractivity contribution in [2.45, 2.75) is 17.1 Å². The molecule has 0 saturated carbocycles. The predicted octanol–water partition coefficient (Wildman–Crippen LogP) is 2.58. The van der Waals surface area contributed by atoms with E-state index in [2.05, 4.69) is 10.6 Å². The van der Waals surface area contributed by atoms with E-state index in [1.165, 1.54) is 0 Å². The van der Waals surface area contributed by atoms with Crippen molar-refractivity contribution in [1.82, 2.24) is 10.6 Å². The zero-order valence-corrected chi connectivity index (χ0v) is 13.1. The van der Waals surface area contributed by atoms with Crippen LogP contribution in [0.15, 0.2) is 29.2 Å². The average Bonchev–Trinajstić information content (AvgIpc) is 2.30. The lowest BCUT2D eigenvalue weighted by atomic mass is 10.0. The molecule has 2 N–H and O–H groups in total. The smallest absolute Gasteiger partial charge is 0.233 e. The van der Waals surface area contributed by atoms with E-state index < -0.39 is 0 Å². The van der Waals surface area contributed by atoms with Gasteiger partial charge in [-0.2, -0.15) is 0 Å². The summed E-state index contributed by atoms with van der Waals surface area (Å²) < 4.78 is 0. The zero-order chi connectivity index (χ0) is 13.0. The number of amides is 1. The molecule has 1 amide bonds. The first-order chi connectivity index (χ1) is 8.65. The van der Waals surface area contributed by atoms with Crippen LogP contribution < -0.4 is 10.6 Å². The second-order valence-electron chi connectivity index (χ2n) is 4.48. The van der Waals surface area contributed by atoms with E-state index in [1.807, 2.05) is 31.2 Å². The monoisotopic (exact) mass is 320 g/mol. The second-order valence-corrected chi connectivity index (χ2v) is 6.33. The quantitative estimate of drug-likeness (QED) is 0.819. The van der Waals surface area contributed by atoms with Crippen molar-refractivity contribution in [1.29, 1.82) is 0 Å². The minimum Gasteiger partial charge on any atom is -0.355 e. The van der Waals surface area contributed by atoms with Gasteiger partial charge in [-0.3, -0.25) is 4.79 Å². The summed E-state index contributed by atoms with van der Waals surface area (Å²) in [4.78, 5) is 12.9. The summed E-state index contributed by atoms with van der Waals surface area (Å²) in [5, 5.41) is 6.81. The highest BCUT2D eigenvalue weighted by Gasteiger charge is 2.19. The van der Waals surface area contributed by atoms with Gasteiger partial charge in [-0.1, -0.05) is 11.6 Å². The molecule has 1 aromatic rings. The molecule has 6 heteroatoms. The van der Waals surface area contributed by atoms with Crippen LogP contribution in [0.4, 0.5) is 0 Å². The lowest BCUT2D eigenvalue weighted by Crippen LogP contribution is -2.49. The third-order valence-electron chi connectivity index (χ3n) is 2.93. The van der Waals surface area contributed by atoms with Gasteiger partial charge in [-0.25, -0.2) is 0 Å². The maximum absolute atomic E-state index is 11.9. The van der Waals surface area contributed by atoms with Crippen molar-refractivity contribution in [3.63, 3.8) is 0 Å². The fraction of sp³-hybridized carbons (Fsp3) is 0.462. The van der Waals surface area contributed by atoms with Gasteiger partial charge in [0.15, 0.2) is 0 Å². The first-order valence-electron chi connectivity index (χ1n) is 6.06. The zero-order valence-electron chi connectivity index (χ0n) is 10.7. The molecule has 1 aliphatic heterocycles. The third kappa shape index (κ3) is 5.22. The Balaban J connectivity index is 0.00000180. The minimum atomic E-state index is -0.0841. The number of benzene rings is 1. The Kier molecular flexibility index (Phi) is 7.00. The van der Waals surface area contributed by atoms with E-state index in [4.69, 9.17) is 11.6 Å². The first-order valence-corrected chi connectivity index (χ1v) is 7.31. The Labute approximate surface area is 129 Å². The summed E-state index contributed by atoms with van der Waals surface area (Å²) in [6, 6.07) is 7.56. The van der Waals surface area contributed by atoms with Crippen LogP contribution >= 0.6 is 35.8 Å². The van der Waals surface area contributed by atoms with Gasteiger partial charge in [0.25, 0.3) is 0 Å². The Morgan fingerprint density at radius 3 is 2.63 bits per heavy atom. The molecular formula is C13H18Cl2N2OS. The Morgan fingerprint density at radius 1 is 1.47 bits per heavy atom. The topological polar surface area (TPSA) is 41.1 Å². The highest BCUT2D eigenvalue weighted by atomic mass is 35.5. The van der Waals surface area contributed by atoms with Crippen molar-refractivity contribution in [3.8, 4) is 0 Å². The fourth-order valence-electron chi connectivity index (χ4n) is 1.65. The summed E-state index contributed by atoms with van der Waals surface area (Å²) in [5.74, 6) is 0.698. The molecule has 0 radical (unpaired) electrons. The van der Waals surface area contributed by atoms with Gasteiger partial charge in [0.1, 0.15) is 0 Å². The number of rotatable bonds is 5. The van der Waals surface area contributed by atoms with Crippen LogP contribution in [0.3, 0.4) is 0 Å². The number of hydrogen-bond donors (Lipinski definition) is 2. The van der Waals surface area contributed by atoms with E-state index >= 15 is 0 Å². The Bertz CT molecular complexity index is 410. The van der Waals surface area contributed by atoms with Crippen LogP contribution in [0.2, 0.25) is 5.02 Å². The van der Waals surface area contributed by atoms with Gasteiger partial charge in [-0.15, -0.1) is 24.2 Å². The lowest BCUT2D eigenvalue weighted by molar-refractivity contribution is -0.120. The van der Waals surface area contributed by atoms with Crippen molar-refractivity contribution in [3.05, 3.63) is 29.3 Å². The number of halogens is 2. The normalized spacial score (nSPS) is 16.1. The molecule has 0 spiro atoms. The predicted molar refractivity (Wildman–Crippen MR) is 83.4 cm³/mol. The SMILES string of the molecule is CC(Sc1ccc(Cl)cc1)C(=O)NCC1CNC1.Cl. The molecule has 19 heavy (non-hydrogen) atoms. The molecule has 0 aromatic heterocycles. The molecule has 1 aliphatic rings. The van der Waals surface area contributed by atoms with E-state index in [-0.39, 0.29) is 23.6 Å². The summed E-state index contributed by atoms with van der Waals surface area (Å²) in [7, 11) is 0. The van der Waals surface area contributed by atoms with Gasteiger partial charge >= 0.3 is 0 Å². The van der Waals surface area contributed by atoms with Crippen LogP contribution in [0.1, 0.15) is 6.92 Å². The van der Waals surface area contributed by atoms with Gasteiger partial charge in [0.05, 0.1) is 5.25 Å². The van der Waals surface area contributed by atoms with Crippen molar-refractivity contribution >= 4 is 41.7 Å². The highest BCUT2D eigenvalue weighted by Crippen LogP contribution is 2.24. The highest BCUT2D eigenvalue weighted by molar-refractivity contribution is 8.00. The molecule has 1 unspecified atom stereocenters. The van der Waals surface area contributed by atoms with Crippen molar-refractivity contribution in [2.75, 3.05) is 19.6 Å². The molecular weight excluding hydrogens is 303 g/mol. The standard InChI is InChI=1S/C13H17ClN2OS.ClH/c1-9(13(17)16-8-10-6-15-7-10)18-12-4-2-11(14)3-5-12;/h2-5,9-10,15H,6-8H2,1H3,(H,16,17);1H. The summed E-state index contributed by atoms with van der Waals surface area (Å²) >= 11 is 7.37. The largest absolute Gasteiger partial charge is 0.355 e. The van der Waals surface area contributed by atoms with E-state index in [9.17, 15) is 4.79 Å². The third-order valence-corrected chi connectivity index (χ3v) is 4.29. The summed E-state index contributed by atoms with van der Waals surface area (Å²) in [6.45, 7) is 4.73. The lowest BCUT2D eigenvalue weighted by Gasteiger charge is -2.27. The second kappa shape index (κ2) is 8.00. The van der Waals surface area contributed by atoms with Crippen LogP contribution in [-0.4, -0.2) is 30.8 Å². The Hall–Kier alpha value is -0.420. The molecule has 0 aliphatic carbocycles. The molecule has 3 nitrogen and oxygen atoms in total. The fourth-order valence-corrected chi connectivity index (χ4v) is 2.67. The summed E-state index contributed by atoms with van der Waals surface area (Å²) in [5.41, 5.74) is 0. The number of thioether (sulfide) groups is 1. The van der Waals surface area contributed by atoms with Gasteiger partial charge in [-0.05, 0) is 31.2 Å². The number of hydrogen-bond acceptors (Lipinski definition) is 3. The van der Waals surface area contributed by atoms with Crippen molar-refractivity contribution in [2.24, 2.45) is 5.92 Å². The molecule has 1 heterocycles. The Morgan fingerprint density at radius 2 is 2.11 bits per heavy atom. The minimum absolute atomic E-state index is 0. The van der Waals surface area contributed by atoms with Gasteiger partial charge < -0.3 is 10.6 Å². The van der Waals surface area contributed by atoms with Crippen LogP contribution in [0.25, 0.3) is 0 Å². The molecule has 1 saturated heterocycles. The molecule has 0 bridgehead atoms. The number of carbonyl (C=O) groups excluding carboxylic acids is 1. The van der Waals surface area contributed by atoms with E-state index in [0.29, 0.717) is 10.9 Å². The number of nitrogens with one attached hydrogen (secondary N) is 2. The van der Waals surface area contributed by atoms with Crippen LogP contribution in [0.5, 0.6) is 0 Å². The average molecular weight is 321 g/mol. The summed E-state index contributed by atoms with van der Waals surface area (Å²) in [6.07, 6.45) is 0. The van der Waals surface area contributed by atoms with Gasteiger partial charge in [0, 0.05) is 35.5 Å². The van der Waals surface area contributed by atoms with Gasteiger partial charge in [0.2, 0.25) is 5.91 Å². The molecule has 1 aromatic carbocycles. The molecule has 106 valence electrons. The van der Waals surface area contributed by atoms with Crippen LogP contribution in [-0.2, 0) is 4.79 Å². The maximum Gasteiger partial charge on any atom is 0.233 e. The molecule has 2 rings (SSSR count). The van der Waals surface area contributed by atoms with Crippen molar-refractivity contribution < 1.29 is 4.79 Å². The maximum atomic E-state index is 11.9. The first kappa shape index (κ1) is 16.6. The molecule has 1 atom stereocenters. The molecule has 1 fully saturated rings. The van der Waals surface area contributed by atoms with E-state index in [0.717, 1.165) is 24.5 Å². The number of carbonyl (C=O) groups is 1. The van der Waals surface area contributed by atoms with Crippen LogP contribution in [0, 0.1) is 5.92 Å².